The number of amides is 1. The van der Waals surface area contributed by atoms with Gasteiger partial charge in [-0.1, -0.05) is 39.1 Å². The summed E-state index contributed by atoms with van der Waals surface area (Å²) in [6.07, 6.45) is 2.37. The maximum Gasteiger partial charge on any atom is 0.251 e. The van der Waals surface area contributed by atoms with E-state index in [1.54, 1.807) is 37.3 Å². The van der Waals surface area contributed by atoms with E-state index in [0.717, 1.165) is 6.34 Å². The molecule has 1 aromatic heterocycles. The van der Waals surface area contributed by atoms with Crippen LogP contribution < -0.4 is 10.6 Å². The van der Waals surface area contributed by atoms with Gasteiger partial charge >= 0.3 is 0 Å². The Balaban J connectivity index is 2.13. The SMILES string of the molecule is C[C@H](NC(=O)c1cc(Cl)cc(Br)c1)/C(=N/C=N)Nc1ccc(Cl)cn1. The number of amidine groups is 1. The first kappa shape index (κ1) is 19.4. The molecule has 0 aliphatic rings. The fourth-order valence-corrected chi connectivity index (χ4v) is 2.91. The van der Waals surface area contributed by atoms with Crippen molar-refractivity contribution < 1.29 is 4.79 Å². The minimum atomic E-state index is -0.496. The molecule has 1 aromatic carbocycles. The zero-order valence-electron chi connectivity index (χ0n) is 13.1. The van der Waals surface area contributed by atoms with E-state index in [2.05, 4.69) is 36.5 Å². The van der Waals surface area contributed by atoms with Gasteiger partial charge in [-0.15, -0.1) is 0 Å². The van der Waals surface area contributed by atoms with Crippen LogP contribution in [0.4, 0.5) is 5.82 Å². The monoisotopic (exact) mass is 441 g/mol. The normalized spacial score (nSPS) is 12.4. The molecule has 0 aliphatic heterocycles. The lowest BCUT2D eigenvalue weighted by molar-refractivity contribution is 0.0949. The number of rotatable bonds is 5. The number of pyridine rings is 1. The molecule has 9 heteroatoms. The Morgan fingerprint density at radius 2 is 2.08 bits per heavy atom. The molecule has 0 spiro atoms. The maximum atomic E-state index is 12.4. The highest BCUT2D eigenvalue weighted by Gasteiger charge is 2.16. The highest BCUT2D eigenvalue weighted by molar-refractivity contribution is 9.10. The summed E-state index contributed by atoms with van der Waals surface area (Å²) < 4.78 is 0.703. The molecule has 1 heterocycles. The summed E-state index contributed by atoms with van der Waals surface area (Å²) in [6, 6.07) is 7.77. The summed E-state index contributed by atoms with van der Waals surface area (Å²) in [4.78, 5) is 20.5. The average molecular weight is 443 g/mol. The minimum Gasteiger partial charge on any atom is -0.342 e. The number of aromatic nitrogens is 1. The van der Waals surface area contributed by atoms with Crippen molar-refractivity contribution in [2.45, 2.75) is 13.0 Å². The Labute approximate surface area is 163 Å². The number of benzene rings is 1. The van der Waals surface area contributed by atoms with Crippen molar-refractivity contribution in [2.24, 2.45) is 4.99 Å². The fraction of sp³-hybridized carbons (Fsp3) is 0.125. The van der Waals surface area contributed by atoms with Crippen LogP contribution in [0.3, 0.4) is 0 Å². The number of nitrogens with one attached hydrogen (secondary N) is 3. The molecule has 0 bridgehead atoms. The van der Waals surface area contributed by atoms with Crippen LogP contribution in [0.15, 0.2) is 46.0 Å². The van der Waals surface area contributed by atoms with Crippen molar-refractivity contribution in [3.8, 4) is 0 Å². The highest BCUT2D eigenvalue weighted by Crippen LogP contribution is 2.19. The van der Waals surface area contributed by atoms with Crippen molar-refractivity contribution in [3.05, 3.63) is 56.6 Å². The Bertz CT molecular complexity index is 790. The number of aliphatic imine (C=N–C) groups is 1. The van der Waals surface area contributed by atoms with Gasteiger partial charge < -0.3 is 10.6 Å². The van der Waals surface area contributed by atoms with E-state index in [1.165, 1.54) is 6.20 Å². The third kappa shape index (κ3) is 5.81. The van der Waals surface area contributed by atoms with Crippen molar-refractivity contribution in [1.82, 2.24) is 10.3 Å². The number of nitrogens with zero attached hydrogens (tertiary/aromatic N) is 2. The summed E-state index contributed by atoms with van der Waals surface area (Å²) in [6.45, 7) is 1.74. The van der Waals surface area contributed by atoms with Gasteiger partial charge in [-0.25, -0.2) is 9.98 Å². The topological polar surface area (TPSA) is 90.2 Å². The molecular formula is C16H14BrCl2N5O. The number of halogens is 3. The third-order valence-corrected chi connectivity index (χ3v) is 3.97. The van der Waals surface area contributed by atoms with Gasteiger partial charge in [0.05, 0.1) is 11.1 Å². The van der Waals surface area contributed by atoms with Crippen LogP contribution >= 0.6 is 39.1 Å². The van der Waals surface area contributed by atoms with E-state index >= 15 is 0 Å². The predicted molar refractivity (Wildman–Crippen MR) is 105 cm³/mol. The van der Waals surface area contributed by atoms with Crippen molar-refractivity contribution in [1.29, 1.82) is 5.41 Å². The Morgan fingerprint density at radius 3 is 2.68 bits per heavy atom. The van der Waals surface area contributed by atoms with E-state index in [-0.39, 0.29) is 5.91 Å². The largest absolute Gasteiger partial charge is 0.342 e. The van der Waals surface area contributed by atoms with Crippen molar-refractivity contribution in [3.63, 3.8) is 0 Å². The average Bonchev–Trinajstić information content (AvgIpc) is 2.55. The molecular weight excluding hydrogens is 429 g/mol. The van der Waals surface area contributed by atoms with Gasteiger partial charge in [0.15, 0.2) is 0 Å². The van der Waals surface area contributed by atoms with E-state index in [1.807, 2.05) is 0 Å². The maximum absolute atomic E-state index is 12.4. The molecule has 0 saturated carbocycles. The van der Waals surface area contributed by atoms with Gasteiger partial charge in [-0.3, -0.25) is 10.2 Å². The molecule has 0 radical (unpaired) electrons. The Hall–Kier alpha value is -1.96. The van der Waals surface area contributed by atoms with Crippen LogP contribution in [0, 0.1) is 5.41 Å². The standard InChI is InChI=1S/C16H14BrCl2N5O/c1-9(23-16(25)10-4-11(17)6-13(19)5-10)15(22-8-20)24-14-3-2-12(18)7-21-14/h2-9H,1H3,(H,23,25)(H2,20,21,22,24)/t9-/m0/s1. The van der Waals surface area contributed by atoms with E-state index in [9.17, 15) is 4.79 Å². The van der Waals surface area contributed by atoms with Gasteiger partial charge in [0.25, 0.3) is 5.91 Å². The van der Waals surface area contributed by atoms with E-state index in [0.29, 0.717) is 31.7 Å². The lowest BCUT2D eigenvalue weighted by atomic mass is 10.2. The number of anilines is 1. The van der Waals surface area contributed by atoms with Crippen LogP contribution in [0.2, 0.25) is 10.0 Å². The summed E-state index contributed by atoms with van der Waals surface area (Å²) in [5, 5.41) is 13.9. The second-order valence-electron chi connectivity index (χ2n) is 4.98. The molecule has 0 unspecified atom stereocenters. The van der Waals surface area contributed by atoms with E-state index in [4.69, 9.17) is 28.6 Å². The summed E-state index contributed by atoms with van der Waals surface area (Å²) in [7, 11) is 0. The third-order valence-electron chi connectivity index (χ3n) is 3.07. The first-order valence-corrected chi connectivity index (χ1v) is 8.66. The Kier molecular flexibility index (Phi) is 6.92. The van der Waals surface area contributed by atoms with Gasteiger partial charge in [0.2, 0.25) is 0 Å². The highest BCUT2D eigenvalue weighted by atomic mass is 79.9. The van der Waals surface area contributed by atoms with Crippen LogP contribution in [0.5, 0.6) is 0 Å². The van der Waals surface area contributed by atoms with Crippen LogP contribution in [-0.2, 0) is 0 Å². The first-order valence-electron chi connectivity index (χ1n) is 7.11. The summed E-state index contributed by atoms with van der Waals surface area (Å²) >= 11 is 15.1. The molecule has 3 N–H and O–H groups in total. The smallest absolute Gasteiger partial charge is 0.251 e. The molecule has 0 saturated heterocycles. The minimum absolute atomic E-state index is 0.320. The van der Waals surface area contributed by atoms with Crippen molar-refractivity contribution >= 4 is 63.0 Å². The number of hydrogen-bond acceptors (Lipinski definition) is 3. The van der Waals surface area contributed by atoms with Crippen LogP contribution in [0.1, 0.15) is 17.3 Å². The zero-order valence-corrected chi connectivity index (χ0v) is 16.2. The van der Waals surface area contributed by atoms with Gasteiger partial charge in [0.1, 0.15) is 18.0 Å². The predicted octanol–water partition coefficient (Wildman–Crippen LogP) is 4.39. The van der Waals surface area contributed by atoms with Crippen LogP contribution in [-0.4, -0.2) is 29.1 Å². The molecule has 2 aromatic rings. The van der Waals surface area contributed by atoms with Crippen molar-refractivity contribution in [2.75, 3.05) is 5.32 Å². The number of carbonyl (C=O) groups excluding carboxylic acids is 1. The lowest BCUT2D eigenvalue weighted by Crippen LogP contribution is -2.42. The van der Waals surface area contributed by atoms with Crippen LogP contribution in [0.25, 0.3) is 0 Å². The Morgan fingerprint density at radius 1 is 1.32 bits per heavy atom. The molecule has 0 fully saturated rings. The summed E-state index contributed by atoms with van der Waals surface area (Å²) in [5.74, 6) is 0.537. The molecule has 0 aliphatic carbocycles. The zero-order chi connectivity index (χ0) is 18.4. The second-order valence-corrected chi connectivity index (χ2v) is 6.77. The second kappa shape index (κ2) is 8.94. The molecule has 25 heavy (non-hydrogen) atoms. The van der Waals surface area contributed by atoms with Gasteiger partial charge in [-0.2, -0.15) is 0 Å². The molecule has 130 valence electrons. The van der Waals surface area contributed by atoms with E-state index < -0.39 is 6.04 Å². The molecule has 1 amide bonds. The number of carbonyl (C=O) groups is 1. The summed E-state index contributed by atoms with van der Waals surface area (Å²) in [5.41, 5.74) is 0.407. The molecule has 6 nitrogen and oxygen atoms in total. The van der Waals surface area contributed by atoms with Gasteiger partial charge in [0, 0.05) is 21.3 Å². The lowest BCUT2D eigenvalue weighted by Gasteiger charge is -2.17. The van der Waals surface area contributed by atoms with Gasteiger partial charge in [-0.05, 0) is 37.3 Å². The number of hydrogen-bond donors (Lipinski definition) is 3. The fourth-order valence-electron chi connectivity index (χ4n) is 1.94. The quantitative estimate of drug-likeness (QED) is 0.473. The first-order chi connectivity index (χ1) is 11.9. The molecule has 2 rings (SSSR count). The molecule has 1 atom stereocenters.